The van der Waals surface area contributed by atoms with Crippen molar-refractivity contribution in [3.63, 3.8) is 0 Å². The Morgan fingerprint density at radius 2 is 1.94 bits per heavy atom. The molecule has 1 atom stereocenters. The molecule has 0 amide bonds. The Morgan fingerprint density at radius 1 is 1.22 bits per heavy atom. The molecule has 0 aliphatic heterocycles. The third-order valence-corrected chi connectivity index (χ3v) is 3.50. The molecule has 4 heteroatoms. The van der Waals surface area contributed by atoms with Crippen molar-refractivity contribution >= 4 is 0 Å². The highest BCUT2D eigenvalue weighted by Gasteiger charge is 2.40. The average Bonchev–Trinajstić information content (AvgIpc) is 3.09. The Labute approximate surface area is 111 Å². The van der Waals surface area contributed by atoms with Gasteiger partial charge in [-0.3, -0.25) is 0 Å². The number of rotatable bonds is 12. The molecule has 0 heterocycles. The van der Waals surface area contributed by atoms with Crippen LogP contribution in [0.4, 0.5) is 0 Å². The first kappa shape index (κ1) is 15.9. The van der Waals surface area contributed by atoms with E-state index in [2.05, 4.69) is 12.2 Å². The van der Waals surface area contributed by atoms with Crippen LogP contribution in [0.2, 0.25) is 0 Å². The lowest BCUT2D eigenvalue weighted by molar-refractivity contribution is 0.00619. The van der Waals surface area contributed by atoms with E-state index >= 15 is 0 Å². The van der Waals surface area contributed by atoms with Crippen molar-refractivity contribution in [3.05, 3.63) is 0 Å². The minimum Gasteiger partial charge on any atom is -0.389 e. The summed E-state index contributed by atoms with van der Waals surface area (Å²) < 4.78 is 10.5. The average molecular weight is 259 g/mol. The molecule has 2 N–H and O–H groups in total. The summed E-state index contributed by atoms with van der Waals surface area (Å²) in [7, 11) is 0. The highest BCUT2D eigenvalue weighted by Crippen LogP contribution is 2.48. The number of aliphatic hydroxyl groups is 1. The summed E-state index contributed by atoms with van der Waals surface area (Å²) >= 11 is 0. The molecule has 1 unspecified atom stereocenters. The minimum atomic E-state index is -0.413. The molecule has 108 valence electrons. The van der Waals surface area contributed by atoms with Crippen molar-refractivity contribution in [3.8, 4) is 0 Å². The number of aliphatic hydroxyl groups excluding tert-OH is 1. The highest BCUT2D eigenvalue weighted by atomic mass is 16.5. The summed E-state index contributed by atoms with van der Waals surface area (Å²) in [5, 5.41) is 13.1. The Morgan fingerprint density at radius 3 is 2.56 bits per heavy atom. The molecule has 0 saturated heterocycles. The normalized spacial score (nSPS) is 18.8. The van der Waals surface area contributed by atoms with Crippen LogP contribution in [-0.2, 0) is 9.47 Å². The van der Waals surface area contributed by atoms with E-state index in [9.17, 15) is 5.11 Å². The van der Waals surface area contributed by atoms with Gasteiger partial charge in [-0.25, -0.2) is 0 Å². The van der Waals surface area contributed by atoms with Gasteiger partial charge in [0.1, 0.15) is 0 Å². The largest absolute Gasteiger partial charge is 0.389 e. The van der Waals surface area contributed by atoms with E-state index in [4.69, 9.17) is 9.47 Å². The highest BCUT2D eigenvalue weighted by molar-refractivity contribution is 4.94. The van der Waals surface area contributed by atoms with E-state index in [-0.39, 0.29) is 0 Å². The summed E-state index contributed by atoms with van der Waals surface area (Å²) in [6.07, 6.45) is 4.83. The van der Waals surface area contributed by atoms with Crippen molar-refractivity contribution in [2.45, 2.75) is 45.6 Å². The van der Waals surface area contributed by atoms with Crippen molar-refractivity contribution in [2.24, 2.45) is 5.41 Å². The summed E-state index contributed by atoms with van der Waals surface area (Å²) in [4.78, 5) is 0. The molecule has 1 aliphatic rings. The smallest absolute Gasteiger partial charge is 0.0897 e. The molecule has 0 aromatic heterocycles. The van der Waals surface area contributed by atoms with Crippen molar-refractivity contribution in [1.82, 2.24) is 5.32 Å². The van der Waals surface area contributed by atoms with E-state index in [1.54, 1.807) is 0 Å². The molecule has 18 heavy (non-hydrogen) atoms. The van der Waals surface area contributed by atoms with Gasteiger partial charge in [-0.2, -0.15) is 0 Å². The van der Waals surface area contributed by atoms with Crippen molar-refractivity contribution < 1.29 is 14.6 Å². The summed E-state index contributed by atoms with van der Waals surface area (Å²) in [6.45, 7) is 8.13. The molecule has 1 aliphatic carbocycles. The van der Waals surface area contributed by atoms with Gasteiger partial charge >= 0.3 is 0 Å². The van der Waals surface area contributed by atoms with Crippen LogP contribution in [0.3, 0.4) is 0 Å². The number of ether oxygens (including phenoxy) is 2. The van der Waals surface area contributed by atoms with E-state index in [0.29, 0.717) is 38.4 Å². The van der Waals surface area contributed by atoms with Crippen LogP contribution in [-0.4, -0.2) is 50.7 Å². The van der Waals surface area contributed by atoms with E-state index < -0.39 is 6.10 Å². The Kier molecular flexibility index (Phi) is 7.82. The predicted molar refractivity (Wildman–Crippen MR) is 72.8 cm³/mol. The molecule has 0 spiro atoms. The quantitative estimate of drug-likeness (QED) is 0.522. The fourth-order valence-corrected chi connectivity index (χ4v) is 2.27. The molecular formula is C14H29NO3. The number of hydrogen-bond donors (Lipinski definition) is 2. The van der Waals surface area contributed by atoms with Gasteiger partial charge in [-0.15, -0.1) is 0 Å². The second-order valence-corrected chi connectivity index (χ2v) is 5.31. The molecule has 1 saturated carbocycles. The van der Waals surface area contributed by atoms with Gasteiger partial charge in [0.25, 0.3) is 0 Å². The van der Waals surface area contributed by atoms with Crippen molar-refractivity contribution in [1.29, 1.82) is 0 Å². The molecule has 1 fully saturated rings. The molecule has 0 aromatic rings. The topological polar surface area (TPSA) is 50.7 Å². The van der Waals surface area contributed by atoms with Gasteiger partial charge in [-0.1, -0.05) is 13.3 Å². The lowest BCUT2D eigenvalue weighted by atomic mass is 10.0. The second kappa shape index (κ2) is 8.86. The van der Waals surface area contributed by atoms with Gasteiger partial charge in [0.2, 0.25) is 0 Å². The number of nitrogens with one attached hydrogen (secondary N) is 1. The SMILES string of the molecule is CCCC1(CNCC(O)COCCOCC)CC1. The minimum absolute atomic E-state index is 0.390. The van der Waals surface area contributed by atoms with Gasteiger partial charge in [0.15, 0.2) is 0 Å². The van der Waals surface area contributed by atoms with Gasteiger partial charge < -0.3 is 19.9 Å². The number of hydrogen-bond acceptors (Lipinski definition) is 4. The summed E-state index contributed by atoms with van der Waals surface area (Å²) in [6, 6.07) is 0. The van der Waals surface area contributed by atoms with Crippen LogP contribution in [0, 0.1) is 5.41 Å². The molecule has 0 bridgehead atoms. The lowest BCUT2D eigenvalue weighted by Crippen LogP contribution is -2.34. The predicted octanol–water partition coefficient (Wildman–Crippen LogP) is 1.57. The molecule has 4 nitrogen and oxygen atoms in total. The maximum absolute atomic E-state index is 9.72. The Hall–Kier alpha value is -0.160. The summed E-state index contributed by atoms with van der Waals surface area (Å²) in [5.41, 5.74) is 0.546. The van der Waals surface area contributed by atoms with Crippen LogP contribution in [0.1, 0.15) is 39.5 Å². The van der Waals surface area contributed by atoms with E-state index in [0.717, 1.165) is 6.54 Å². The van der Waals surface area contributed by atoms with Crippen LogP contribution in [0.5, 0.6) is 0 Å². The zero-order chi connectivity index (χ0) is 13.3. The third kappa shape index (κ3) is 6.69. The van der Waals surface area contributed by atoms with Gasteiger partial charge in [0, 0.05) is 19.7 Å². The second-order valence-electron chi connectivity index (χ2n) is 5.31. The molecule has 0 aromatic carbocycles. The monoisotopic (exact) mass is 259 g/mol. The first-order valence-electron chi connectivity index (χ1n) is 7.26. The molecule has 0 radical (unpaired) electrons. The Balaban J connectivity index is 1.92. The zero-order valence-electron chi connectivity index (χ0n) is 11.9. The van der Waals surface area contributed by atoms with Gasteiger partial charge in [0.05, 0.1) is 25.9 Å². The van der Waals surface area contributed by atoms with E-state index in [1.165, 1.54) is 25.7 Å². The third-order valence-electron chi connectivity index (χ3n) is 3.50. The van der Waals surface area contributed by atoms with E-state index in [1.807, 2.05) is 6.92 Å². The van der Waals surface area contributed by atoms with Crippen LogP contribution in [0.15, 0.2) is 0 Å². The zero-order valence-corrected chi connectivity index (χ0v) is 11.9. The van der Waals surface area contributed by atoms with Crippen LogP contribution in [0.25, 0.3) is 0 Å². The fraction of sp³-hybridized carbons (Fsp3) is 1.00. The summed E-state index contributed by atoms with van der Waals surface area (Å²) in [5.74, 6) is 0. The molecule has 1 rings (SSSR count). The first-order chi connectivity index (χ1) is 8.72. The van der Waals surface area contributed by atoms with Gasteiger partial charge in [-0.05, 0) is 31.6 Å². The van der Waals surface area contributed by atoms with Crippen LogP contribution < -0.4 is 5.32 Å². The Bertz CT molecular complexity index is 207. The lowest BCUT2D eigenvalue weighted by Gasteiger charge is -2.17. The standard InChI is InChI=1S/C14H29NO3/c1-3-5-14(6-7-14)12-15-10-13(16)11-18-9-8-17-4-2/h13,15-16H,3-12H2,1-2H3. The molecular weight excluding hydrogens is 230 g/mol. The maximum Gasteiger partial charge on any atom is 0.0897 e. The van der Waals surface area contributed by atoms with Crippen LogP contribution >= 0.6 is 0 Å². The maximum atomic E-state index is 9.72. The first-order valence-corrected chi connectivity index (χ1v) is 7.26. The fourth-order valence-electron chi connectivity index (χ4n) is 2.27. The van der Waals surface area contributed by atoms with Crippen molar-refractivity contribution in [2.75, 3.05) is 39.5 Å².